The normalized spacial score (nSPS) is 17.5. The Morgan fingerprint density at radius 1 is 1.05 bits per heavy atom. The Kier molecular flexibility index (Phi) is 3.78. The Labute approximate surface area is 128 Å². The van der Waals surface area contributed by atoms with Gasteiger partial charge in [-0.25, -0.2) is 18.4 Å². The van der Waals surface area contributed by atoms with Gasteiger partial charge in [0.2, 0.25) is 0 Å². The van der Waals surface area contributed by atoms with Gasteiger partial charge in [-0.15, -0.1) is 0 Å². The molecule has 0 bridgehead atoms. The number of nitrogens with zero attached hydrogens (tertiary/aromatic N) is 3. The molecule has 1 aliphatic rings. The highest BCUT2D eigenvalue weighted by Gasteiger charge is 2.24. The van der Waals surface area contributed by atoms with Crippen LogP contribution in [0.1, 0.15) is 0 Å². The molecule has 0 saturated carbocycles. The van der Waals surface area contributed by atoms with Gasteiger partial charge in [0, 0.05) is 24.5 Å². The summed E-state index contributed by atoms with van der Waals surface area (Å²) >= 11 is 0. The predicted octanol–water partition coefficient (Wildman–Crippen LogP) is 0.882. The Balaban J connectivity index is 2.07. The van der Waals surface area contributed by atoms with E-state index in [1.54, 1.807) is 20.3 Å². The Morgan fingerprint density at radius 3 is 2.32 bits per heavy atom. The SMILES string of the molecule is COc1cc2ncnc(N3CCS(=O)(=O)CC3)c2cc1OC. The molecular weight excluding hydrogens is 306 g/mol. The summed E-state index contributed by atoms with van der Waals surface area (Å²) in [6, 6.07) is 3.62. The van der Waals surface area contributed by atoms with Gasteiger partial charge >= 0.3 is 0 Å². The lowest BCUT2D eigenvalue weighted by atomic mass is 10.2. The molecule has 0 unspecified atom stereocenters. The van der Waals surface area contributed by atoms with Gasteiger partial charge in [-0.1, -0.05) is 0 Å². The largest absolute Gasteiger partial charge is 0.493 e. The number of fused-ring (bicyclic) bond motifs is 1. The highest BCUT2D eigenvalue weighted by Crippen LogP contribution is 2.34. The fourth-order valence-corrected chi connectivity index (χ4v) is 3.75. The van der Waals surface area contributed by atoms with Crippen LogP contribution in [0.3, 0.4) is 0 Å². The summed E-state index contributed by atoms with van der Waals surface area (Å²) in [7, 11) is 0.211. The third-order valence-corrected chi connectivity index (χ3v) is 5.37. The first-order chi connectivity index (χ1) is 10.5. The highest BCUT2D eigenvalue weighted by molar-refractivity contribution is 7.91. The summed E-state index contributed by atoms with van der Waals surface area (Å²) in [5, 5.41) is 0.819. The highest BCUT2D eigenvalue weighted by atomic mass is 32.2. The summed E-state index contributed by atoms with van der Waals surface area (Å²) < 4.78 is 33.8. The molecular formula is C14H17N3O4S. The van der Waals surface area contributed by atoms with Crippen molar-refractivity contribution in [2.45, 2.75) is 0 Å². The molecule has 0 aliphatic carbocycles. The quantitative estimate of drug-likeness (QED) is 0.829. The van der Waals surface area contributed by atoms with E-state index in [1.165, 1.54) is 6.33 Å². The fourth-order valence-electron chi connectivity index (χ4n) is 2.55. The van der Waals surface area contributed by atoms with Crippen molar-refractivity contribution in [1.82, 2.24) is 9.97 Å². The molecule has 1 aromatic carbocycles. The van der Waals surface area contributed by atoms with Crippen molar-refractivity contribution in [3.8, 4) is 11.5 Å². The van der Waals surface area contributed by atoms with Crippen LogP contribution in [0.25, 0.3) is 10.9 Å². The molecule has 8 heteroatoms. The van der Waals surface area contributed by atoms with Gasteiger partial charge in [0.15, 0.2) is 21.3 Å². The summed E-state index contributed by atoms with van der Waals surface area (Å²) in [5.41, 5.74) is 0.732. The van der Waals surface area contributed by atoms with Gasteiger partial charge < -0.3 is 14.4 Å². The van der Waals surface area contributed by atoms with E-state index < -0.39 is 9.84 Å². The molecule has 0 N–H and O–H groups in total. The molecule has 0 spiro atoms. The summed E-state index contributed by atoms with van der Waals surface area (Å²) in [5.74, 6) is 2.20. The molecule has 1 fully saturated rings. The van der Waals surface area contributed by atoms with E-state index in [4.69, 9.17) is 9.47 Å². The molecule has 0 amide bonds. The van der Waals surface area contributed by atoms with Gasteiger partial charge in [-0.05, 0) is 6.07 Å². The third-order valence-electron chi connectivity index (χ3n) is 3.76. The molecule has 0 radical (unpaired) electrons. The molecule has 118 valence electrons. The number of hydrogen-bond acceptors (Lipinski definition) is 7. The first kappa shape index (κ1) is 14.8. The monoisotopic (exact) mass is 323 g/mol. The van der Waals surface area contributed by atoms with E-state index in [2.05, 4.69) is 9.97 Å². The van der Waals surface area contributed by atoms with Crippen molar-refractivity contribution < 1.29 is 17.9 Å². The second kappa shape index (κ2) is 5.60. The topological polar surface area (TPSA) is 81.6 Å². The van der Waals surface area contributed by atoms with Crippen LogP contribution in [0, 0.1) is 0 Å². The van der Waals surface area contributed by atoms with E-state index in [0.29, 0.717) is 24.6 Å². The van der Waals surface area contributed by atoms with Crippen molar-refractivity contribution in [2.24, 2.45) is 0 Å². The van der Waals surface area contributed by atoms with E-state index >= 15 is 0 Å². The van der Waals surface area contributed by atoms with Crippen LogP contribution in [0.15, 0.2) is 18.5 Å². The fraction of sp³-hybridized carbons (Fsp3) is 0.429. The number of sulfone groups is 1. The predicted molar refractivity (Wildman–Crippen MR) is 83.5 cm³/mol. The van der Waals surface area contributed by atoms with E-state index in [9.17, 15) is 8.42 Å². The Morgan fingerprint density at radius 2 is 1.68 bits per heavy atom. The summed E-state index contributed by atoms with van der Waals surface area (Å²) in [4.78, 5) is 10.6. The minimum atomic E-state index is -2.93. The number of rotatable bonds is 3. The summed E-state index contributed by atoms with van der Waals surface area (Å²) in [6.45, 7) is 0.867. The molecule has 7 nitrogen and oxygen atoms in total. The molecule has 3 rings (SSSR count). The second-order valence-electron chi connectivity index (χ2n) is 5.06. The number of anilines is 1. The van der Waals surface area contributed by atoms with Crippen LogP contribution < -0.4 is 14.4 Å². The van der Waals surface area contributed by atoms with Crippen molar-refractivity contribution in [1.29, 1.82) is 0 Å². The lowest BCUT2D eigenvalue weighted by Crippen LogP contribution is -2.40. The van der Waals surface area contributed by atoms with Crippen LogP contribution in [0.4, 0.5) is 5.82 Å². The van der Waals surface area contributed by atoms with Gasteiger partial charge in [0.25, 0.3) is 0 Å². The number of methoxy groups -OCH3 is 2. The summed E-state index contributed by atoms with van der Waals surface area (Å²) in [6.07, 6.45) is 1.48. The van der Waals surface area contributed by atoms with Gasteiger partial charge in [0.05, 0.1) is 31.2 Å². The smallest absolute Gasteiger partial charge is 0.162 e. The Bertz CT molecular complexity index is 793. The van der Waals surface area contributed by atoms with Crippen molar-refractivity contribution in [3.63, 3.8) is 0 Å². The standard InChI is InChI=1S/C14H17N3O4S/c1-20-12-7-10-11(8-13(12)21-2)15-9-16-14(10)17-3-5-22(18,19)6-4-17/h7-9H,3-6H2,1-2H3. The third kappa shape index (κ3) is 2.66. The zero-order valence-electron chi connectivity index (χ0n) is 12.4. The Hall–Kier alpha value is -2.09. The first-order valence-corrected chi connectivity index (χ1v) is 8.68. The minimum absolute atomic E-state index is 0.145. The molecule has 1 aromatic heterocycles. The number of hydrogen-bond donors (Lipinski definition) is 0. The zero-order chi connectivity index (χ0) is 15.7. The van der Waals surface area contributed by atoms with E-state index in [0.717, 1.165) is 16.7 Å². The maximum atomic E-state index is 11.6. The molecule has 2 aromatic rings. The van der Waals surface area contributed by atoms with Crippen LogP contribution in [-0.2, 0) is 9.84 Å². The van der Waals surface area contributed by atoms with Crippen molar-refractivity contribution in [2.75, 3.05) is 43.7 Å². The lowest BCUT2D eigenvalue weighted by molar-refractivity contribution is 0.356. The van der Waals surface area contributed by atoms with E-state index in [1.807, 2.05) is 11.0 Å². The average Bonchev–Trinajstić information content (AvgIpc) is 2.53. The van der Waals surface area contributed by atoms with Crippen LogP contribution in [0.2, 0.25) is 0 Å². The minimum Gasteiger partial charge on any atom is -0.493 e. The van der Waals surface area contributed by atoms with Crippen LogP contribution in [0.5, 0.6) is 11.5 Å². The molecule has 1 saturated heterocycles. The van der Waals surface area contributed by atoms with Gasteiger partial charge in [-0.3, -0.25) is 0 Å². The molecule has 1 aliphatic heterocycles. The maximum Gasteiger partial charge on any atom is 0.162 e. The van der Waals surface area contributed by atoms with Gasteiger partial charge in [-0.2, -0.15) is 0 Å². The maximum absolute atomic E-state index is 11.6. The van der Waals surface area contributed by atoms with Gasteiger partial charge in [0.1, 0.15) is 12.1 Å². The number of benzene rings is 1. The second-order valence-corrected chi connectivity index (χ2v) is 7.36. The van der Waals surface area contributed by atoms with Crippen LogP contribution in [-0.4, -0.2) is 57.2 Å². The average molecular weight is 323 g/mol. The molecule has 0 atom stereocenters. The zero-order valence-corrected chi connectivity index (χ0v) is 13.3. The number of aromatic nitrogens is 2. The van der Waals surface area contributed by atoms with Crippen molar-refractivity contribution in [3.05, 3.63) is 18.5 Å². The first-order valence-electron chi connectivity index (χ1n) is 6.86. The lowest BCUT2D eigenvalue weighted by Gasteiger charge is -2.28. The molecule has 2 heterocycles. The van der Waals surface area contributed by atoms with E-state index in [-0.39, 0.29) is 11.5 Å². The molecule has 22 heavy (non-hydrogen) atoms. The van der Waals surface area contributed by atoms with Crippen LogP contribution >= 0.6 is 0 Å². The van der Waals surface area contributed by atoms with Crippen molar-refractivity contribution >= 4 is 26.6 Å². The number of ether oxygens (including phenoxy) is 2.